The minimum absolute atomic E-state index is 0.00320. The lowest BCUT2D eigenvalue weighted by Crippen LogP contribution is -2.41. The minimum atomic E-state index is -0.775. The van der Waals surface area contributed by atoms with Crippen LogP contribution < -0.4 is 11.1 Å². The maximum Gasteiger partial charge on any atom is 0.233 e. The largest absolute Gasteiger partial charge is 0.409 e. The number of nitrogens with zero attached hydrogens (tertiary/aromatic N) is 2. The Labute approximate surface area is 98.1 Å². The van der Waals surface area contributed by atoms with Gasteiger partial charge in [-0.05, 0) is 12.8 Å². The molecule has 0 saturated heterocycles. The number of aromatic nitrogens is 2. The second-order valence-electron chi connectivity index (χ2n) is 4.15. The third-order valence-electron chi connectivity index (χ3n) is 3.02. The van der Waals surface area contributed by atoms with Crippen LogP contribution in [-0.2, 0) is 11.2 Å². The summed E-state index contributed by atoms with van der Waals surface area (Å²) in [7, 11) is 0. The van der Waals surface area contributed by atoms with E-state index in [9.17, 15) is 4.79 Å². The van der Waals surface area contributed by atoms with Gasteiger partial charge in [0.05, 0.1) is 6.33 Å². The summed E-state index contributed by atoms with van der Waals surface area (Å²) in [5, 5.41) is 14.3. The highest BCUT2D eigenvalue weighted by Gasteiger charge is 2.54. The number of carbonyl (C=O) groups excluding carboxylic acids is 1. The van der Waals surface area contributed by atoms with E-state index in [1.807, 2.05) is 0 Å². The smallest absolute Gasteiger partial charge is 0.233 e. The Hall–Kier alpha value is -2.05. The van der Waals surface area contributed by atoms with Crippen molar-refractivity contribution in [3.63, 3.8) is 0 Å². The van der Waals surface area contributed by atoms with E-state index in [2.05, 4.69) is 20.4 Å². The van der Waals surface area contributed by atoms with Crippen LogP contribution in [0, 0.1) is 5.41 Å². The molecular weight excluding hydrogens is 222 g/mol. The summed E-state index contributed by atoms with van der Waals surface area (Å²) in [6.07, 6.45) is 5.26. The minimum Gasteiger partial charge on any atom is -0.409 e. The summed E-state index contributed by atoms with van der Waals surface area (Å²) in [5.74, 6) is -0.177. The van der Waals surface area contributed by atoms with Crippen molar-refractivity contribution in [2.45, 2.75) is 19.3 Å². The topological polar surface area (TPSA) is 116 Å². The molecular formula is C10H15N5O2. The van der Waals surface area contributed by atoms with Gasteiger partial charge in [-0.25, -0.2) is 4.98 Å². The normalized spacial score (nSPS) is 17.8. The molecule has 0 aromatic carbocycles. The van der Waals surface area contributed by atoms with E-state index in [0.717, 1.165) is 5.69 Å². The summed E-state index contributed by atoms with van der Waals surface area (Å²) < 4.78 is 0. The number of carbonyl (C=O) groups is 1. The molecule has 0 aliphatic heterocycles. The summed E-state index contributed by atoms with van der Waals surface area (Å²) in [4.78, 5) is 18.7. The number of imidazole rings is 1. The van der Waals surface area contributed by atoms with Crippen molar-refractivity contribution in [1.82, 2.24) is 15.3 Å². The van der Waals surface area contributed by atoms with Crippen LogP contribution in [0.25, 0.3) is 0 Å². The molecule has 1 aromatic rings. The van der Waals surface area contributed by atoms with Gasteiger partial charge in [0.1, 0.15) is 5.41 Å². The Kier molecular flexibility index (Phi) is 2.99. The fraction of sp³-hybridized carbons (Fsp3) is 0.500. The van der Waals surface area contributed by atoms with Crippen molar-refractivity contribution in [3.8, 4) is 0 Å². The van der Waals surface area contributed by atoms with Crippen LogP contribution in [0.2, 0.25) is 0 Å². The molecule has 7 heteroatoms. The first-order chi connectivity index (χ1) is 8.19. The lowest BCUT2D eigenvalue weighted by Gasteiger charge is -2.13. The number of nitrogens with two attached hydrogens (primary N) is 1. The number of aromatic amines is 1. The second kappa shape index (κ2) is 4.44. The van der Waals surface area contributed by atoms with Crippen LogP contribution in [-0.4, -0.2) is 33.5 Å². The molecule has 0 spiro atoms. The molecule has 17 heavy (non-hydrogen) atoms. The molecule has 1 aliphatic carbocycles. The Morgan fingerprint density at radius 1 is 1.71 bits per heavy atom. The molecule has 1 fully saturated rings. The number of amidine groups is 1. The Morgan fingerprint density at radius 3 is 3.00 bits per heavy atom. The summed E-state index contributed by atoms with van der Waals surface area (Å²) in [5.41, 5.74) is 5.69. The molecule has 0 atom stereocenters. The monoisotopic (exact) mass is 237 g/mol. The Balaban J connectivity index is 1.82. The first-order valence-corrected chi connectivity index (χ1v) is 5.42. The molecule has 1 saturated carbocycles. The molecule has 1 heterocycles. The zero-order valence-electron chi connectivity index (χ0n) is 9.31. The zero-order valence-corrected chi connectivity index (χ0v) is 9.31. The quantitative estimate of drug-likeness (QED) is 0.241. The zero-order chi connectivity index (χ0) is 12.3. The molecule has 92 valence electrons. The summed E-state index contributed by atoms with van der Waals surface area (Å²) >= 11 is 0. The number of hydrogen-bond acceptors (Lipinski definition) is 4. The van der Waals surface area contributed by atoms with Crippen molar-refractivity contribution < 1.29 is 10.0 Å². The van der Waals surface area contributed by atoms with Gasteiger partial charge in [-0.1, -0.05) is 5.16 Å². The van der Waals surface area contributed by atoms with Gasteiger partial charge in [0.15, 0.2) is 5.84 Å². The fourth-order valence-corrected chi connectivity index (χ4v) is 1.72. The van der Waals surface area contributed by atoms with E-state index in [0.29, 0.717) is 25.8 Å². The summed E-state index contributed by atoms with van der Waals surface area (Å²) in [6.45, 7) is 0.501. The van der Waals surface area contributed by atoms with Crippen molar-refractivity contribution in [2.75, 3.05) is 6.54 Å². The summed E-state index contributed by atoms with van der Waals surface area (Å²) in [6, 6.07) is 0. The Morgan fingerprint density at radius 2 is 2.47 bits per heavy atom. The maximum absolute atomic E-state index is 11.8. The van der Waals surface area contributed by atoms with Crippen LogP contribution in [0.3, 0.4) is 0 Å². The van der Waals surface area contributed by atoms with Gasteiger partial charge in [0.2, 0.25) is 5.91 Å². The number of hydrogen-bond donors (Lipinski definition) is 4. The lowest BCUT2D eigenvalue weighted by atomic mass is 10.1. The van der Waals surface area contributed by atoms with E-state index >= 15 is 0 Å². The highest BCUT2D eigenvalue weighted by Crippen LogP contribution is 2.45. The standard InChI is InChI=1S/C10H15N5O2/c11-8(15-17)10(2-3-10)9(16)13-4-1-7-5-12-6-14-7/h5-6,17H,1-4H2,(H2,11,15)(H,12,14)(H,13,16). The second-order valence-corrected chi connectivity index (χ2v) is 4.15. The van der Waals surface area contributed by atoms with E-state index in [-0.39, 0.29) is 11.7 Å². The molecule has 0 radical (unpaired) electrons. The van der Waals surface area contributed by atoms with Gasteiger partial charge in [0.25, 0.3) is 0 Å². The average Bonchev–Trinajstić information content (AvgIpc) is 3.00. The first-order valence-electron chi connectivity index (χ1n) is 5.42. The highest BCUT2D eigenvalue weighted by atomic mass is 16.4. The molecule has 1 aromatic heterocycles. The molecule has 1 amide bonds. The van der Waals surface area contributed by atoms with Gasteiger partial charge >= 0.3 is 0 Å². The van der Waals surface area contributed by atoms with Gasteiger partial charge in [-0.2, -0.15) is 0 Å². The van der Waals surface area contributed by atoms with E-state index in [1.54, 1.807) is 12.5 Å². The number of rotatable bonds is 5. The predicted molar refractivity (Wildman–Crippen MR) is 60.4 cm³/mol. The highest BCUT2D eigenvalue weighted by molar-refractivity contribution is 6.09. The van der Waals surface area contributed by atoms with Gasteiger partial charge in [-0.3, -0.25) is 4.79 Å². The van der Waals surface area contributed by atoms with Crippen LogP contribution in [0.1, 0.15) is 18.5 Å². The maximum atomic E-state index is 11.8. The van der Waals surface area contributed by atoms with Crippen LogP contribution in [0.5, 0.6) is 0 Å². The van der Waals surface area contributed by atoms with E-state index in [1.165, 1.54) is 0 Å². The predicted octanol–water partition coefficient (Wildman–Crippen LogP) is -0.405. The van der Waals surface area contributed by atoms with Gasteiger partial charge in [-0.15, -0.1) is 0 Å². The van der Waals surface area contributed by atoms with Crippen LogP contribution in [0.4, 0.5) is 0 Å². The van der Waals surface area contributed by atoms with E-state index < -0.39 is 5.41 Å². The molecule has 2 rings (SSSR count). The van der Waals surface area contributed by atoms with Crippen molar-refractivity contribution in [2.24, 2.45) is 16.3 Å². The molecule has 0 unspecified atom stereocenters. The van der Waals surface area contributed by atoms with Crippen molar-refractivity contribution in [1.29, 1.82) is 0 Å². The van der Waals surface area contributed by atoms with Crippen LogP contribution in [0.15, 0.2) is 17.7 Å². The third kappa shape index (κ3) is 2.22. The van der Waals surface area contributed by atoms with Gasteiger partial charge in [0, 0.05) is 24.9 Å². The Bertz CT molecular complexity index is 422. The third-order valence-corrected chi connectivity index (χ3v) is 3.02. The SMILES string of the molecule is NC(=NO)C1(C(=O)NCCc2cnc[nH]2)CC1. The lowest BCUT2D eigenvalue weighted by molar-refractivity contribution is -0.124. The van der Waals surface area contributed by atoms with Crippen LogP contribution >= 0.6 is 0 Å². The van der Waals surface area contributed by atoms with Crippen molar-refractivity contribution in [3.05, 3.63) is 18.2 Å². The number of H-pyrrole nitrogens is 1. The molecule has 0 bridgehead atoms. The number of amides is 1. The fourth-order valence-electron chi connectivity index (χ4n) is 1.72. The molecule has 5 N–H and O–H groups in total. The first kappa shape index (κ1) is 11.4. The van der Waals surface area contributed by atoms with Gasteiger partial charge < -0.3 is 21.2 Å². The number of oxime groups is 1. The van der Waals surface area contributed by atoms with E-state index in [4.69, 9.17) is 10.9 Å². The molecule has 1 aliphatic rings. The molecule has 7 nitrogen and oxygen atoms in total. The number of nitrogens with one attached hydrogen (secondary N) is 2. The average molecular weight is 237 g/mol. The van der Waals surface area contributed by atoms with Crippen molar-refractivity contribution >= 4 is 11.7 Å².